The van der Waals surface area contributed by atoms with Crippen LogP contribution in [0, 0.1) is 6.92 Å². The molecule has 0 aliphatic carbocycles. The number of rotatable bonds is 3. The van der Waals surface area contributed by atoms with Gasteiger partial charge in [0.15, 0.2) is 5.76 Å². The van der Waals surface area contributed by atoms with Crippen molar-refractivity contribution in [3.8, 4) is 0 Å². The van der Waals surface area contributed by atoms with E-state index in [1.165, 1.54) is 0 Å². The van der Waals surface area contributed by atoms with Crippen molar-refractivity contribution in [2.24, 2.45) is 0 Å². The Bertz CT molecular complexity index is 820. The second-order valence-corrected chi connectivity index (χ2v) is 5.35. The van der Waals surface area contributed by atoms with Gasteiger partial charge in [-0.15, -0.1) is 0 Å². The van der Waals surface area contributed by atoms with E-state index in [9.17, 15) is 4.79 Å². The summed E-state index contributed by atoms with van der Waals surface area (Å²) in [6.45, 7) is 5.94. The maximum Gasteiger partial charge on any atom is 0.287 e. The average Bonchev–Trinajstić information content (AvgIpc) is 2.93. The van der Waals surface area contributed by atoms with E-state index < -0.39 is 0 Å². The third-order valence-corrected chi connectivity index (χ3v) is 3.77. The molecular formula is C17H18N2O2. The van der Waals surface area contributed by atoms with Gasteiger partial charge in [-0.1, -0.05) is 19.1 Å². The van der Waals surface area contributed by atoms with Crippen molar-refractivity contribution in [1.29, 1.82) is 0 Å². The standard InChI is InChI=1S/C17H18N2O2/c1-4-10(2)18-17(20)15-9-13-11(3)19-14-8-6-5-7-12(14)16(13)21-15/h5-10H,4H2,1-3H3,(H,18,20). The lowest BCUT2D eigenvalue weighted by atomic mass is 10.1. The number of furan rings is 1. The van der Waals surface area contributed by atoms with Crippen LogP contribution in [-0.4, -0.2) is 16.9 Å². The summed E-state index contributed by atoms with van der Waals surface area (Å²) in [5.74, 6) is 0.163. The number of para-hydroxylation sites is 1. The van der Waals surface area contributed by atoms with E-state index in [0.29, 0.717) is 5.76 Å². The highest BCUT2D eigenvalue weighted by Gasteiger charge is 2.17. The lowest BCUT2D eigenvalue weighted by molar-refractivity contribution is 0.0913. The largest absolute Gasteiger partial charge is 0.450 e. The van der Waals surface area contributed by atoms with E-state index in [1.54, 1.807) is 6.07 Å². The van der Waals surface area contributed by atoms with Crippen molar-refractivity contribution in [3.63, 3.8) is 0 Å². The van der Waals surface area contributed by atoms with Gasteiger partial charge in [0.2, 0.25) is 0 Å². The summed E-state index contributed by atoms with van der Waals surface area (Å²) in [6, 6.07) is 9.71. The SMILES string of the molecule is CCC(C)NC(=O)c1cc2c(C)nc3ccccc3c2o1. The molecule has 3 aromatic rings. The molecule has 0 saturated heterocycles. The second kappa shape index (κ2) is 5.20. The van der Waals surface area contributed by atoms with E-state index in [1.807, 2.05) is 45.0 Å². The number of fused-ring (bicyclic) bond motifs is 3. The zero-order chi connectivity index (χ0) is 15.0. The molecule has 0 bridgehead atoms. The summed E-state index contributed by atoms with van der Waals surface area (Å²) in [6.07, 6.45) is 0.884. The van der Waals surface area contributed by atoms with Crippen molar-refractivity contribution >= 4 is 27.8 Å². The lowest BCUT2D eigenvalue weighted by Gasteiger charge is -2.08. The Morgan fingerprint density at radius 1 is 1.33 bits per heavy atom. The molecule has 1 amide bonds. The van der Waals surface area contributed by atoms with Crippen LogP contribution >= 0.6 is 0 Å². The molecule has 0 aliphatic rings. The maximum atomic E-state index is 12.2. The van der Waals surface area contributed by atoms with Gasteiger partial charge in [-0.3, -0.25) is 9.78 Å². The fourth-order valence-electron chi connectivity index (χ4n) is 2.37. The molecule has 1 unspecified atom stereocenters. The number of nitrogens with one attached hydrogen (secondary N) is 1. The predicted molar refractivity (Wildman–Crippen MR) is 83.5 cm³/mol. The molecule has 0 fully saturated rings. The van der Waals surface area contributed by atoms with Gasteiger partial charge in [-0.05, 0) is 38.5 Å². The van der Waals surface area contributed by atoms with Crippen LogP contribution in [0.3, 0.4) is 0 Å². The highest BCUT2D eigenvalue weighted by molar-refractivity contribution is 6.06. The molecular weight excluding hydrogens is 264 g/mol. The quantitative estimate of drug-likeness (QED) is 0.794. The van der Waals surface area contributed by atoms with Crippen LogP contribution in [0.2, 0.25) is 0 Å². The Labute approximate surface area is 123 Å². The first-order valence-electron chi connectivity index (χ1n) is 7.20. The second-order valence-electron chi connectivity index (χ2n) is 5.35. The van der Waals surface area contributed by atoms with Crippen LogP contribution in [0.15, 0.2) is 34.7 Å². The minimum atomic E-state index is -0.177. The Balaban J connectivity index is 2.13. The fraction of sp³-hybridized carbons (Fsp3) is 0.294. The van der Waals surface area contributed by atoms with Crippen LogP contribution < -0.4 is 5.32 Å². The summed E-state index contributed by atoms with van der Waals surface area (Å²) in [4.78, 5) is 16.8. The number of carbonyl (C=O) groups is 1. The Morgan fingerprint density at radius 2 is 2.10 bits per heavy atom. The maximum absolute atomic E-state index is 12.2. The van der Waals surface area contributed by atoms with E-state index in [2.05, 4.69) is 10.3 Å². The van der Waals surface area contributed by atoms with Gasteiger partial charge in [-0.2, -0.15) is 0 Å². The van der Waals surface area contributed by atoms with Crippen LogP contribution in [-0.2, 0) is 0 Å². The predicted octanol–water partition coefficient (Wildman–Crippen LogP) is 3.82. The summed E-state index contributed by atoms with van der Waals surface area (Å²) in [5.41, 5.74) is 2.48. The van der Waals surface area contributed by atoms with E-state index in [4.69, 9.17) is 4.42 Å². The lowest BCUT2D eigenvalue weighted by Crippen LogP contribution is -2.31. The first-order chi connectivity index (χ1) is 10.1. The van der Waals surface area contributed by atoms with Gasteiger partial charge in [0.05, 0.1) is 5.52 Å². The highest BCUT2D eigenvalue weighted by atomic mass is 16.3. The molecule has 1 aromatic carbocycles. The van der Waals surface area contributed by atoms with Gasteiger partial charge in [-0.25, -0.2) is 0 Å². The van der Waals surface area contributed by atoms with Crippen LogP contribution in [0.1, 0.15) is 36.5 Å². The number of aryl methyl sites for hydroxylation is 1. The summed E-state index contributed by atoms with van der Waals surface area (Å²) < 4.78 is 5.82. The van der Waals surface area contributed by atoms with Crippen LogP contribution in [0.5, 0.6) is 0 Å². The number of amides is 1. The third kappa shape index (κ3) is 2.37. The molecule has 1 N–H and O–H groups in total. The number of carbonyl (C=O) groups excluding carboxylic acids is 1. The van der Waals surface area contributed by atoms with Crippen molar-refractivity contribution in [3.05, 3.63) is 41.8 Å². The van der Waals surface area contributed by atoms with Crippen molar-refractivity contribution in [2.75, 3.05) is 0 Å². The minimum Gasteiger partial charge on any atom is -0.450 e. The smallest absolute Gasteiger partial charge is 0.287 e. The summed E-state index contributed by atoms with van der Waals surface area (Å²) in [5, 5.41) is 4.74. The Morgan fingerprint density at radius 3 is 2.86 bits per heavy atom. The molecule has 3 rings (SSSR count). The van der Waals surface area contributed by atoms with E-state index in [-0.39, 0.29) is 11.9 Å². The molecule has 1 atom stereocenters. The van der Waals surface area contributed by atoms with E-state index in [0.717, 1.165) is 34.0 Å². The van der Waals surface area contributed by atoms with Crippen LogP contribution in [0.4, 0.5) is 0 Å². The number of hydrogen-bond donors (Lipinski definition) is 1. The molecule has 108 valence electrons. The fourth-order valence-corrected chi connectivity index (χ4v) is 2.37. The normalized spacial score (nSPS) is 12.7. The van der Waals surface area contributed by atoms with Gasteiger partial charge in [0.25, 0.3) is 5.91 Å². The molecule has 21 heavy (non-hydrogen) atoms. The van der Waals surface area contributed by atoms with Crippen LogP contribution in [0.25, 0.3) is 21.9 Å². The minimum absolute atomic E-state index is 0.127. The number of pyridine rings is 1. The molecule has 0 aliphatic heterocycles. The van der Waals surface area contributed by atoms with E-state index >= 15 is 0 Å². The van der Waals surface area contributed by atoms with Gasteiger partial charge in [0.1, 0.15) is 5.58 Å². The number of nitrogens with zero attached hydrogens (tertiary/aromatic N) is 1. The molecule has 0 spiro atoms. The average molecular weight is 282 g/mol. The number of benzene rings is 1. The topological polar surface area (TPSA) is 55.1 Å². The number of hydrogen-bond acceptors (Lipinski definition) is 3. The Kier molecular flexibility index (Phi) is 3.37. The zero-order valence-corrected chi connectivity index (χ0v) is 12.4. The third-order valence-electron chi connectivity index (χ3n) is 3.77. The molecule has 0 radical (unpaired) electrons. The van der Waals surface area contributed by atoms with Gasteiger partial charge >= 0.3 is 0 Å². The molecule has 0 saturated carbocycles. The highest BCUT2D eigenvalue weighted by Crippen LogP contribution is 2.29. The van der Waals surface area contributed by atoms with Crippen molar-refractivity contribution in [2.45, 2.75) is 33.2 Å². The van der Waals surface area contributed by atoms with Gasteiger partial charge in [0, 0.05) is 22.5 Å². The number of aromatic nitrogens is 1. The Hall–Kier alpha value is -2.36. The summed E-state index contributed by atoms with van der Waals surface area (Å²) >= 11 is 0. The monoisotopic (exact) mass is 282 g/mol. The van der Waals surface area contributed by atoms with Crippen molar-refractivity contribution < 1.29 is 9.21 Å². The molecule has 4 nitrogen and oxygen atoms in total. The zero-order valence-electron chi connectivity index (χ0n) is 12.4. The summed E-state index contributed by atoms with van der Waals surface area (Å²) in [7, 11) is 0. The molecule has 2 heterocycles. The molecule has 2 aromatic heterocycles. The van der Waals surface area contributed by atoms with Gasteiger partial charge < -0.3 is 9.73 Å². The molecule has 4 heteroatoms. The first-order valence-corrected chi connectivity index (χ1v) is 7.20. The van der Waals surface area contributed by atoms with Crippen molar-refractivity contribution in [1.82, 2.24) is 10.3 Å². The first kappa shape index (κ1) is 13.6.